The Morgan fingerprint density at radius 1 is 1.00 bits per heavy atom. The number of amides is 1. The predicted octanol–water partition coefficient (Wildman–Crippen LogP) is 4.74. The number of carboxylic acids is 1. The molecule has 0 saturated heterocycles. The molecule has 3 N–H and O–H groups in total. The summed E-state index contributed by atoms with van der Waals surface area (Å²) in [5, 5.41) is 15.2. The van der Waals surface area contributed by atoms with Gasteiger partial charge in [0.15, 0.2) is 0 Å². The Hall–Kier alpha value is -3.12. The molecule has 158 valence electrons. The summed E-state index contributed by atoms with van der Waals surface area (Å²) in [4.78, 5) is 23.8. The summed E-state index contributed by atoms with van der Waals surface area (Å²) in [7, 11) is 0. The zero-order valence-corrected chi connectivity index (χ0v) is 17.0. The van der Waals surface area contributed by atoms with E-state index in [-0.39, 0.29) is 12.3 Å². The number of carbonyl (C=O) groups excluding carboxylic acids is 1. The van der Waals surface area contributed by atoms with Crippen LogP contribution in [0, 0.1) is 0 Å². The van der Waals surface area contributed by atoms with Gasteiger partial charge in [0.05, 0.1) is 6.42 Å². The lowest BCUT2D eigenvalue weighted by atomic mass is 9.97. The fourth-order valence-corrected chi connectivity index (χ4v) is 3.41. The quantitative estimate of drug-likeness (QED) is 0.494. The van der Waals surface area contributed by atoms with Gasteiger partial charge in [-0.3, -0.25) is 9.59 Å². The number of para-hydroxylation sites is 1. The first kappa shape index (κ1) is 21.6. The number of hydrogen-bond acceptors (Lipinski definition) is 4. The largest absolute Gasteiger partial charge is 0.480 e. The number of carbonyl (C=O) groups is 2. The fourth-order valence-electron chi connectivity index (χ4n) is 3.41. The normalized spacial score (nSPS) is 14.5. The Kier molecular flexibility index (Phi) is 8.03. The second-order valence-electron chi connectivity index (χ2n) is 7.39. The SMILES string of the molecule is O=C(CC(NCCC1=CCCCC1)C(=O)O)Nc1ccc(Oc2ccccc2)cc1. The van der Waals surface area contributed by atoms with Gasteiger partial charge >= 0.3 is 5.97 Å². The van der Waals surface area contributed by atoms with Crippen molar-refractivity contribution in [3.05, 3.63) is 66.2 Å². The fraction of sp³-hybridized carbons (Fsp3) is 0.333. The summed E-state index contributed by atoms with van der Waals surface area (Å²) in [5.74, 6) is 0.0211. The zero-order valence-electron chi connectivity index (χ0n) is 17.0. The number of nitrogens with one attached hydrogen (secondary N) is 2. The number of aliphatic carboxylic acids is 1. The van der Waals surface area contributed by atoms with Crippen LogP contribution in [0.2, 0.25) is 0 Å². The smallest absolute Gasteiger partial charge is 0.321 e. The highest BCUT2D eigenvalue weighted by Crippen LogP contribution is 2.23. The number of ether oxygens (including phenoxy) is 1. The minimum atomic E-state index is -1.02. The van der Waals surface area contributed by atoms with Gasteiger partial charge in [-0.1, -0.05) is 29.8 Å². The Morgan fingerprint density at radius 3 is 2.40 bits per heavy atom. The Labute approximate surface area is 177 Å². The maximum Gasteiger partial charge on any atom is 0.321 e. The third kappa shape index (κ3) is 7.04. The van der Waals surface area contributed by atoms with E-state index in [4.69, 9.17) is 4.74 Å². The van der Waals surface area contributed by atoms with Crippen molar-refractivity contribution in [2.45, 2.75) is 44.6 Å². The van der Waals surface area contributed by atoms with E-state index in [1.54, 1.807) is 24.3 Å². The van der Waals surface area contributed by atoms with E-state index in [0.717, 1.165) is 25.0 Å². The van der Waals surface area contributed by atoms with Crippen LogP contribution in [-0.2, 0) is 9.59 Å². The Balaban J connectivity index is 1.46. The van der Waals surface area contributed by atoms with Crippen LogP contribution in [0.4, 0.5) is 5.69 Å². The first-order chi connectivity index (χ1) is 14.6. The van der Waals surface area contributed by atoms with Crippen molar-refractivity contribution in [1.29, 1.82) is 0 Å². The van der Waals surface area contributed by atoms with Crippen LogP contribution in [-0.4, -0.2) is 29.6 Å². The molecule has 0 fully saturated rings. The minimum Gasteiger partial charge on any atom is -0.480 e. The molecule has 6 nitrogen and oxygen atoms in total. The highest BCUT2D eigenvalue weighted by Gasteiger charge is 2.21. The van der Waals surface area contributed by atoms with Crippen LogP contribution in [0.3, 0.4) is 0 Å². The molecule has 0 heterocycles. The molecule has 2 aromatic rings. The Morgan fingerprint density at radius 2 is 1.73 bits per heavy atom. The van der Waals surface area contributed by atoms with Crippen molar-refractivity contribution < 1.29 is 19.4 Å². The summed E-state index contributed by atoms with van der Waals surface area (Å²) in [5.41, 5.74) is 1.97. The topological polar surface area (TPSA) is 87.7 Å². The maximum absolute atomic E-state index is 12.3. The second kappa shape index (κ2) is 11.2. The average Bonchev–Trinajstić information content (AvgIpc) is 2.76. The first-order valence-corrected chi connectivity index (χ1v) is 10.4. The van der Waals surface area contributed by atoms with Crippen LogP contribution in [0.25, 0.3) is 0 Å². The van der Waals surface area contributed by atoms with Crippen LogP contribution >= 0.6 is 0 Å². The van der Waals surface area contributed by atoms with Gasteiger partial charge in [-0.05, 0) is 75.0 Å². The molecule has 2 aromatic carbocycles. The van der Waals surface area contributed by atoms with Crippen LogP contribution < -0.4 is 15.4 Å². The van der Waals surface area contributed by atoms with E-state index in [1.807, 2.05) is 30.3 Å². The number of rotatable bonds is 10. The summed E-state index contributed by atoms with van der Waals surface area (Å²) in [6.07, 6.45) is 7.57. The molecule has 0 saturated carbocycles. The summed E-state index contributed by atoms with van der Waals surface area (Å²) in [6.45, 7) is 0.557. The monoisotopic (exact) mass is 408 g/mol. The van der Waals surface area contributed by atoms with Crippen molar-refractivity contribution >= 4 is 17.6 Å². The Bertz CT molecular complexity index is 863. The average molecular weight is 408 g/mol. The molecule has 0 bridgehead atoms. The highest BCUT2D eigenvalue weighted by molar-refractivity contribution is 5.94. The maximum atomic E-state index is 12.3. The molecule has 3 rings (SSSR count). The molecule has 0 spiro atoms. The number of hydrogen-bond donors (Lipinski definition) is 3. The number of allylic oxidation sites excluding steroid dienone is 1. The van der Waals surface area contributed by atoms with E-state index < -0.39 is 12.0 Å². The van der Waals surface area contributed by atoms with Gasteiger partial charge in [-0.15, -0.1) is 0 Å². The van der Waals surface area contributed by atoms with Gasteiger partial charge in [-0.2, -0.15) is 0 Å². The molecule has 0 aliphatic heterocycles. The van der Waals surface area contributed by atoms with Crippen molar-refractivity contribution in [1.82, 2.24) is 5.32 Å². The van der Waals surface area contributed by atoms with Gasteiger partial charge in [-0.25, -0.2) is 0 Å². The highest BCUT2D eigenvalue weighted by atomic mass is 16.5. The van der Waals surface area contributed by atoms with Gasteiger partial charge in [0.2, 0.25) is 5.91 Å². The van der Waals surface area contributed by atoms with Gasteiger partial charge in [0.25, 0.3) is 0 Å². The molecule has 0 aromatic heterocycles. The molecule has 1 amide bonds. The zero-order chi connectivity index (χ0) is 21.2. The molecule has 0 radical (unpaired) electrons. The van der Waals surface area contributed by atoms with Crippen LogP contribution in [0.1, 0.15) is 38.5 Å². The van der Waals surface area contributed by atoms with E-state index in [0.29, 0.717) is 18.0 Å². The van der Waals surface area contributed by atoms with E-state index in [1.165, 1.54) is 18.4 Å². The molecular formula is C24H28N2O4. The van der Waals surface area contributed by atoms with Crippen molar-refractivity contribution in [3.8, 4) is 11.5 Å². The van der Waals surface area contributed by atoms with Gasteiger partial charge in [0, 0.05) is 5.69 Å². The number of anilines is 1. The number of benzene rings is 2. The third-order valence-electron chi connectivity index (χ3n) is 5.03. The lowest BCUT2D eigenvalue weighted by Gasteiger charge is -2.17. The van der Waals surface area contributed by atoms with Crippen molar-refractivity contribution in [2.75, 3.05) is 11.9 Å². The van der Waals surface area contributed by atoms with Crippen LogP contribution in [0.15, 0.2) is 66.2 Å². The van der Waals surface area contributed by atoms with Gasteiger partial charge < -0.3 is 20.5 Å². The molecule has 6 heteroatoms. The lowest BCUT2D eigenvalue weighted by Crippen LogP contribution is -2.40. The standard InChI is InChI=1S/C24H28N2O4/c27-23(17-22(24(28)29)25-16-15-18-7-3-1-4-8-18)26-19-11-13-21(14-12-19)30-20-9-5-2-6-10-20/h2,5-7,9-14,22,25H,1,3-4,8,15-17H2,(H,26,27)(H,28,29). The van der Waals surface area contributed by atoms with Crippen molar-refractivity contribution in [2.24, 2.45) is 0 Å². The summed E-state index contributed by atoms with van der Waals surface area (Å²) in [6, 6.07) is 15.5. The molecular weight excluding hydrogens is 380 g/mol. The van der Waals surface area contributed by atoms with Crippen molar-refractivity contribution in [3.63, 3.8) is 0 Å². The van der Waals surface area contributed by atoms with E-state index in [2.05, 4.69) is 16.7 Å². The van der Waals surface area contributed by atoms with E-state index >= 15 is 0 Å². The van der Waals surface area contributed by atoms with E-state index in [9.17, 15) is 14.7 Å². The van der Waals surface area contributed by atoms with Gasteiger partial charge in [0.1, 0.15) is 17.5 Å². The third-order valence-corrected chi connectivity index (χ3v) is 5.03. The predicted molar refractivity (Wildman–Crippen MR) is 117 cm³/mol. The molecule has 1 aliphatic rings. The lowest BCUT2D eigenvalue weighted by molar-refractivity contribution is -0.141. The second-order valence-corrected chi connectivity index (χ2v) is 7.39. The molecule has 30 heavy (non-hydrogen) atoms. The summed E-state index contributed by atoms with van der Waals surface area (Å²) < 4.78 is 5.72. The minimum absolute atomic E-state index is 0.128. The van der Waals surface area contributed by atoms with Crippen LogP contribution in [0.5, 0.6) is 11.5 Å². The number of carboxylic acid groups (broad SMARTS) is 1. The first-order valence-electron chi connectivity index (χ1n) is 10.4. The molecule has 1 aliphatic carbocycles. The summed E-state index contributed by atoms with van der Waals surface area (Å²) >= 11 is 0. The molecule has 1 unspecified atom stereocenters. The molecule has 1 atom stereocenters.